The van der Waals surface area contributed by atoms with Gasteiger partial charge < -0.3 is 9.84 Å². The van der Waals surface area contributed by atoms with Crippen molar-refractivity contribution in [3.05, 3.63) is 26.9 Å². The number of nitrogens with zero attached hydrogens (tertiary/aromatic N) is 1. The lowest BCUT2D eigenvalue weighted by Gasteiger charge is -2.24. The average Bonchev–Trinajstić information content (AvgIpc) is 2.17. The van der Waals surface area contributed by atoms with Crippen LogP contribution < -0.4 is 11.2 Å². The molecule has 0 saturated carbocycles. The van der Waals surface area contributed by atoms with Crippen LogP contribution in [0.5, 0.6) is 5.88 Å². The summed E-state index contributed by atoms with van der Waals surface area (Å²) in [7, 11) is 0. The number of nitrogens with one attached hydrogen (secondary N) is 1. The van der Waals surface area contributed by atoms with Gasteiger partial charge >= 0.3 is 5.69 Å². The smallest absolute Gasteiger partial charge is 0.333 e. The van der Waals surface area contributed by atoms with Gasteiger partial charge in [0.1, 0.15) is 6.23 Å². The van der Waals surface area contributed by atoms with Crippen molar-refractivity contribution in [2.45, 2.75) is 25.5 Å². The van der Waals surface area contributed by atoms with Crippen LogP contribution in [0.25, 0.3) is 0 Å². The number of hydrogen-bond acceptors (Lipinski definition) is 4. The largest absolute Gasteiger partial charge is 0.494 e. The molecule has 1 aliphatic heterocycles. The predicted molar refractivity (Wildman–Crippen MR) is 51.8 cm³/mol. The van der Waals surface area contributed by atoms with E-state index in [2.05, 4.69) is 4.98 Å². The monoisotopic (exact) mass is 212 g/mol. The average molecular weight is 212 g/mol. The number of hydrogen-bond donors (Lipinski definition) is 2. The summed E-state index contributed by atoms with van der Waals surface area (Å²) in [5.41, 5.74) is -1.24. The van der Waals surface area contributed by atoms with Crippen LogP contribution in [-0.4, -0.2) is 21.3 Å². The summed E-state index contributed by atoms with van der Waals surface area (Å²) in [5, 5.41) is 9.49. The molecule has 1 aliphatic rings. The number of rotatable bonds is 1. The van der Waals surface area contributed by atoms with Crippen molar-refractivity contribution in [3.63, 3.8) is 0 Å². The Morgan fingerprint density at radius 1 is 1.47 bits per heavy atom. The normalized spacial score (nSPS) is 21.5. The van der Waals surface area contributed by atoms with Crippen molar-refractivity contribution in [2.75, 3.05) is 6.61 Å². The van der Waals surface area contributed by atoms with E-state index in [-0.39, 0.29) is 5.88 Å². The quantitative estimate of drug-likeness (QED) is 0.683. The van der Waals surface area contributed by atoms with Gasteiger partial charge in [-0.15, -0.1) is 0 Å². The summed E-state index contributed by atoms with van der Waals surface area (Å²) < 4.78 is 6.42. The highest BCUT2D eigenvalue weighted by Gasteiger charge is 2.19. The molecule has 1 saturated heterocycles. The van der Waals surface area contributed by atoms with Gasteiger partial charge in [-0.1, -0.05) is 0 Å². The molecule has 0 bridgehead atoms. The number of aromatic nitrogens is 2. The van der Waals surface area contributed by atoms with Gasteiger partial charge in [0.15, 0.2) is 0 Å². The van der Waals surface area contributed by atoms with Crippen molar-refractivity contribution >= 4 is 0 Å². The second-order valence-electron chi connectivity index (χ2n) is 3.49. The summed E-state index contributed by atoms with van der Waals surface area (Å²) in [5.74, 6) is -0.351. The van der Waals surface area contributed by atoms with Crippen molar-refractivity contribution < 1.29 is 9.84 Å². The van der Waals surface area contributed by atoms with E-state index in [9.17, 15) is 14.7 Å². The van der Waals surface area contributed by atoms with E-state index >= 15 is 0 Å². The molecule has 0 spiro atoms. The van der Waals surface area contributed by atoms with Crippen LogP contribution in [0, 0.1) is 0 Å². The van der Waals surface area contributed by atoms with Gasteiger partial charge in [0.25, 0.3) is 5.56 Å². The van der Waals surface area contributed by atoms with Crippen LogP contribution in [0.15, 0.2) is 15.7 Å². The molecular formula is C9H12N2O4. The first-order chi connectivity index (χ1) is 7.18. The lowest BCUT2D eigenvalue weighted by molar-refractivity contribution is -0.0386. The molecule has 1 aromatic heterocycles. The summed E-state index contributed by atoms with van der Waals surface area (Å²) in [6, 6.07) is 0.972. The minimum Gasteiger partial charge on any atom is -0.494 e. The molecule has 1 fully saturated rings. The minimum atomic E-state index is -0.633. The van der Waals surface area contributed by atoms with E-state index < -0.39 is 17.5 Å². The highest BCUT2D eigenvalue weighted by atomic mass is 16.5. The Labute approximate surface area is 85.1 Å². The SMILES string of the molecule is O=c1cc(O)n(C2CCCCO2)c(=O)[nH]1. The highest BCUT2D eigenvalue weighted by molar-refractivity contribution is 5.06. The number of aromatic amines is 1. The van der Waals surface area contributed by atoms with Crippen LogP contribution in [0.3, 0.4) is 0 Å². The third-order valence-electron chi connectivity index (χ3n) is 2.40. The fourth-order valence-electron chi connectivity index (χ4n) is 1.70. The molecule has 0 amide bonds. The summed E-state index contributed by atoms with van der Waals surface area (Å²) in [6.07, 6.45) is 2.09. The summed E-state index contributed by atoms with van der Waals surface area (Å²) >= 11 is 0. The Kier molecular flexibility index (Phi) is 2.59. The maximum Gasteiger partial charge on any atom is 0.333 e. The highest BCUT2D eigenvalue weighted by Crippen LogP contribution is 2.23. The van der Waals surface area contributed by atoms with E-state index in [0.29, 0.717) is 13.0 Å². The maximum atomic E-state index is 11.4. The molecule has 15 heavy (non-hydrogen) atoms. The first kappa shape index (κ1) is 9.97. The molecular weight excluding hydrogens is 200 g/mol. The first-order valence-electron chi connectivity index (χ1n) is 4.85. The van der Waals surface area contributed by atoms with Gasteiger partial charge in [0, 0.05) is 6.61 Å². The van der Waals surface area contributed by atoms with E-state index in [1.807, 2.05) is 0 Å². The number of H-pyrrole nitrogens is 1. The predicted octanol–water partition coefficient (Wildman–Crippen LogP) is -0.0587. The molecule has 6 nitrogen and oxygen atoms in total. The lowest BCUT2D eigenvalue weighted by Crippen LogP contribution is -2.34. The molecule has 2 rings (SSSR count). The molecule has 1 atom stereocenters. The lowest BCUT2D eigenvalue weighted by atomic mass is 10.2. The molecule has 82 valence electrons. The van der Waals surface area contributed by atoms with Crippen LogP contribution >= 0.6 is 0 Å². The summed E-state index contributed by atoms with van der Waals surface area (Å²) in [4.78, 5) is 24.4. The molecule has 1 aromatic rings. The third kappa shape index (κ3) is 1.94. The van der Waals surface area contributed by atoms with E-state index in [0.717, 1.165) is 23.5 Å². The van der Waals surface area contributed by atoms with Crippen LogP contribution in [-0.2, 0) is 4.74 Å². The Morgan fingerprint density at radius 2 is 2.27 bits per heavy atom. The van der Waals surface area contributed by atoms with Gasteiger partial charge in [-0.25, -0.2) is 9.36 Å². The Balaban J connectivity index is 2.42. The van der Waals surface area contributed by atoms with Gasteiger partial charge in [0.05, 0.1) is 6.07 Å². The molecule has 2 heterocycles. The van der Waals surface area contributed by atoms with Crippen molar-refractivity contribution in [3.8, 4) is 5.88 Å². The minimum absolute atomic E-state index is 0.351. The zero-order chi connectivity index (χ0) is 10.8. The third-order valence-corrected chi connectivity index (χ3v) is 2.40. The fourth-order valence-corrected chi connectivity index (χ4v) is 1.70. The van der Waals surface area contributed by atoms with Gasteiger partial charge in [0.2, 0.25) is 5.88 Å². The Bertz CT molecular complexity index is 456. The van der Waals surface area contributed by atoms with Gasteiger partial charge in [-0.2, -0.15) is 0 Å². The molecule has 1 unspecified atom stereocenters. The van der Waals surface area contributed by atoms with Crippen LogP contribution in [0.2, 0.25) is 0 Å². The van der Waals surface area contributed by atoms with Gasteiger partial charge in [-0.05, 0) is 19.3 Å². The van der Waals surface area contributed by atoms with E-state index in [1.54, 1.807) is 0 Å². The van der Waals surface area contributed by atoms with Crippen molar-refractivity contribution in [1.29, 1.82) is 0 Å². The Hall–Kier alpha value is -1.56. The van der Waals surface area contributed by atoms with Crippen LogP contribution in [0.4, 0.5) is 0 Å². The Morgan fingerprint density at radius 3 is 2.87 bits per heavy atom. The van der Waals surface area contributed by atoms with Crippen molar-refractivity contribution in [2.24, 2.45) is 0 Å². The fraction of sp³-hybridized carbons (Fsp3) is 0.556. The zero-order valence-electron chi connectivity index (χ0n) is 8.10. The number of ether oxygens (including phenoxy) is 1. The molecule has 0 radical (unpaired) electrons. The van der Waals surface area contributed by atoms with E-state index in [1.165, 1.54) is 0 Å². The molecule has 0 aliphatic carbocycles. The first-order valence-corrected chi connectivity index (χ1v) is 4.85. The van der Waals surface area contributed by atoms with Gasteiger partial charge in [-0.3, -0.25) is 9.78 Å². The number of aromatic hydroxyl groups is 1. The molecule has 6 heteroatoms. The van der Waals surface area contributed by atoms with E-state index in [4.69, 9.17) is 4.74 Å². The zero-order valence-corrected chi connectivity index (χ0v) is 8.10. The standard InChI is InChI=1S/C9H12N2O4/c12-6-5-7(13)11(9(14)10-6)8-3-1-2-4-15-8/h5,8,13H,1-4H2,(H,10,12,14). The summed E-state index contributed by atoms with van der Waals surface area (Å²) in [6.45, 7) is 0.565. The van der Waals surface area contributed by atoms with Crippen LogP contribution in [0.1, 0.15) is 25.5 Å². The molecule has 2 N–H and O–H groups in total. The molecule has 0 aromatic carbocycles. The topological polar surface area (TPSA) is 84.3 Å². The second kappa shape index (κ2) is 3.90. The second-order valence-corrected chi connectivity index (χ2v) is 3.49. The maximum absolute atomic E-state index is 11.4. The van der Waals surface area contributed by atoms with Crippen molar-refractivity contribution in [1.82, 2.24) is 9.55 Å².